The number of nitrogens with one attached hydrogen (secondary N) is 1. The van der Waals surface area contributed by atoms with Crippen molar-refractivity contribution < 1.29 is 14.3 Å². The summed E-state index contributed by atoms with van der Waals surface area (Å²) in [6.45, 7) is 6.37. The predicted octanol–water partition coefficient (Wildman–Crippen LogP) is 4.12. The standard InChI is InChI=1S/C19H23NO3S/c1-13(2)23-16-7-5-15(6-8-16)12-20-19(22)11-9-17(21)18-10-4-14(3)24-18/h4-8,10,13H,9,11-12H2,1-3H3,(H,20,22). The van der Waals surface area contributed by atoms with E-state index in [4.69, 9.17) is 4.74 Å². The first kappa shape index (κ1) is 18.2. The number of rotatable bonds is 8. The summed E-state index contributed by atoms with van der Waals surface area (Å²) in [5.74, 6) is 0.731. The molecule has 1 N–H and O–H groups in total. The third-order valence-electron chi connectivity index (χ3n) is 3.38. The van der Waals surface area contributed by atoms with Crippen molar-refractivity contribution >= 4 is 23.0 Å². The fourth-order valence-corrected chi connectivity index (χ4v) is 3.02. The van der Waals surface area contributed by atoms with Crippen molar-refractivity contribution in [2.24, 2.45) is 0 Å². The Morgan fingerprint density at radius 3 is 2.38 bits per heavy atom. The molecule has 0 saturated carbocycles. The van der Waals surface area contributed by atoms with Gasteiger partial charge in [-0.15, -0.1) is 11.3 Å². The summed E-state index contributed by atoms with van der Waals surface area (Å²) in [6.07, 6.45) is 0.595. The van der Waals surface area contributed by atoms with Crippen LogP contribution in [0.25, 0.3) is 0 Å². The second-order valence-corrected chi connectivity index (χ2v) is 7.21. The highest BCUT2D eigenvalue weighted by Gasteiger charge is 2.11. The molecule has 1 amide bonds. The van der Waals surface area contributed by atoms with Gasteiger partial charge in [-0.3, -0.25) is 9.59 Å². The van der Waals surface area contributed by atoms with Crippen molar-refractivity contribution in [3.8, 4) is 5.75 Å². The molecule has 1 aromatic heterocycles. The molecule has 24 heavy (non-hydrogen) atoms. The number of carbonyl (C=O) groups is 2. The molecule has 0 aliphatic heterocycles. The van der Waals surface area contributed by atoms with E-state index < -0.39 is 0 Å². The van der Waals surface area contributed by atoms with Gasteiger partial charge >= 0.3 is 0 Å². The zero-order valence-electron chi connectivity index (χ0n) is 14.3. The van der Waals surface area contributed by atoms with Gasteiger partial charge in [0.1, 0.15) is 5.75 Å². The molecule has 0 aliphatic carbocycles. The fraction of sp³-hybridized carbons (Fsp3) is 0.368. The van der Waals surface area contributed by atoms with Gasteiger partial charge in [-0.2, -0.15) is 0 Å². The lowest BCUT2D eigenvalue weighted by Crippen LogP contribution is -2.23. The molecule has 128 valence electrons. The lowest BCUT2D eigenvalue weighted by atomic mass is 10.1. The van der Waals surface area contributed by atoms with E-state index in [0.29, 0.717) is 6.54 Å². The largest absolute Gasteiger partial charge is 0.491 e. The van der Waals surface area contributed by atoms with Gasteiger partial charge in [0, 0.05) is 24.3 Å². The Hall–Kier alpha value is -2.14. The summed E-state index contributed by atoms with van der Waals surface area (Å²) in [5.41, 5.74) is 1.000. The SMILES string of the molecule is Cc1ccc(C(=O)CCC(=O)NCc2ccc(OC(C)C)cc2)s1. The molecule has 1 heterocycles. The zero-order chi connectivity index (χ0) is 17.5. The molecule has 0 bridgehead atoms. The van der Waals surface area contributed by atoms with Gasteiger partial charge in [0.25, 0.3) is 0 Å². The van der Waals surface area contributed by atoms with E-state index in [9.17, 15) is 9.59 Å². The highest BCUT2D eigenvalue weighted by atomic mass is 32.1. The monoisotopic (exact) mass is 345 g/mol. The number of thiophene rings is 1. The van der Waals surface area contributed by atoms with E-state index in [1.165, 1.54) is 11.3 Å². The van der Waals surface area contributed by atoms with Gasteiger partial charge in [-0.1, -0.05) is 12.1 Å². The number of benzene rings is 1. The maximum Gasteiger partial charge on any atom is 0.220 e. The second-order valence-electron chi connectivity index (χ2n) is 5.92. The minimum absolute atomic E-state index is 0.0263. The van der Waals surface area contributed by atoms with Crippen molar-refractivity contribution in [3.63, 3.8) is 0 Å². The smallest absolute Gasteiger partial charge is 0.220 e. The van der Waals surface area contributed by atoms with E-state index in [0.717, 1.165) is 21.1 Å². The number of ether oxygens (including phenoxy) is 1. The number of hydrogen-bond acceptors (Lipinski definition) is 4. The molecule has 2 aromatic rings. The van der Waals surface area contributed by atoms with Gasteiger partial charge in [0.15, 0.2) is 5.78 Å². The van der Waals surface area contributed by atoms with Crippen LogP contribution in [0.4, 0.5) is 0 Å². The van der Waals surface area contributed by atoms with Crippen molar-refractivity contribution in [2.45, 2.75) is 46.3 Å². The van der Waals surface area contributed by atoms with Crippen LogP contribution in [0.3, 0.4) is 0 Å². The van der Waals surface area contributed by atoms with Crippen LogP contribution in [0.2, 0.25) is 0 Å². The quantitative estimate of drug-likeness (QED) is 0.732. The maximum atomic E-state index is 12.0. The summed E-state index contributed by atoms with van der Waals surface area (Å²) in [7, 11) is 0. The molecule has 0 fully saturated rings. The minimum atomic E-state index is -0.112. The summed E-state index contributed by atoms with van der Waals surface area (Å²) >= 11 is 1.47. The fourth-order valence-electron chi connectivity index (χ4n) is 2.18. The van der Waals surface area contributed by atoms with Crippen LogP contribution >= 0.6 is 11.3 Å². The number of aryl methyl sites for hydroxylation is 1. The van der Waals surface area contributed by atoms with Gasteiger partial charge in [0.05, 0.1) is 11.0 Å². The highest BCUT2D eigenvalue weighted by molar-refractivity contribution is 7.14. The van der Waals surface area contributed by atoms with Crippen molar-refractivity contribution in [1.29, 1.82) is 0 Å². The average molecular weight is 345 g/mol. The van der Waals surface area contributed by atoms with Gasteiger partial charge in [0.2, 0.25) is 5.91 Å². The molecule has 0 unspecified atom stereocenters. The zero-order valence-corrected chi connectivity index (χ0v) is 15.1. The van der Waals surface area contributed by atoms with Crippen LogP contribution in [0.1, 0.15) is 46.8 Å². The van der Waals surface area contributed by atoms with Gasteiger partial charge < -0.3 is 10.1 Å². The highest BCUT2D eigenvalue weighted by Crippen LogP contribution is 2.17. The molecule has 1 aromatic carbocycles. The Bertz CT molecular complexity index is 689. The maximum absolute atomic E-state index is 12.0. The molecule has 0 aliphatic rings. The molecule has 0 radical (unpaired) electrons. The topological polar surface area (TPSA) is 55.4 Å². The molecule has 0 spiro atoms. The number of ketones is 1. The van der Waals surface area contributed by atoms with Crippen LogP contribution in [-0.2, 0) is 11.3 Å². The number of hydrogen-bond donors (Lipinski definition) is 1. The number of Topliss-reactive ketones (excluding diaryl/α,β-unsaturated/α-hetero) is 1. The molecule has 5 heteroatoms. The van der Waals surface area contributed by atoms with Crippen LogP contribution in [0.5, 0.6) is 5.75 Å². The Labute approximate surface area is 146 Å². The Kier molecular flexibility index (Phi) is 6.55. The second kappa shape index (κ2) is 8.64. The lowest BCUT2D eigenvalue weighted by molar-refractivity contribution is -0.121. The van der Waals surface area contributed by atoms with E-state index in [-0.39, 0.29) is 30.6 Å². The predicted molar refractivity (Wildman–Crippen MR) is 96.7 cm³/mol. The lowest BCUT2D eigenvalue weighted by Gasteiger charge is -2.10. The summed E-state index contributed by atoms with van der Waals surface area (Å²) in [6, 6.07) is 11.4. The minimum Gasteiger partial charge on any atom is -0.491 e. The molecular formula is C19H23NO3S. The molecule has 2 rings (SSSR count). The summed E-state index contributed by atoms with van der Waals surface area (Å²) in [4.78, 5) is 25.7. The molecule has 0 atom stereocenters. The molecule has 0 saturated heterocycles. The van der Waals surface area contributed by atoms with E-state index >= 15 is 0 Å². The Morgan fingerprint density at radius 2 is 1.79 bits per heavy atom. The average Bonchev–Trinajstić information content (AvgIpc) is 2.98. The number of carbonyl (C=O) groups excluding carboxylic acids is 2. The first-order valence-electron chi connectivity index (χ1n) is 8.06. The van der Waals surface area contributed by atoms with Gasteiger partial charge in [-0.25, -0.2) is 0 Å². The summed E-state index contributed by atoms with van der Waals surface area (Å²) < 4.78 is 5.58. The number of amides is 1. The van der Waals surface area contributed by atoms with Gasteiger partial charge in [-0.05, 0) is 50.6 Å². The third-order valence-corrected chi connectivity index (χ3v) is 4.42. The normalized spacial score (nSPS) is 10.7. The van der Waals surface area contributed by atoms with Crippen LogP contribution in [0.15, 0.2) is 36.4 Å². The third kappa shape index (κ3) is 5.81. The van der Waals surface area contributed by atoms with Crippen LogP contribution in [0, 0.1) is 6.92 Å². The Balaban J connectivity index is 1.73. The van der Waals surface area contributed by atoms with Crippen molar-refractivity contribution in [1.82, 2.24) is 5.32 Å². The van der Waals surface area contributed by atoms with E-state index in [2.05, 4.69) is 5.32 Å². The Morgan fingerprint density at radius 1 is 1.08 bits per heavy atom. The van der Waals surface area contributed by atoms with Crippen molar-refractivity contribution in [3.05, 3.63) is 51.7 Å². The van der Waals surface area contributed by atoms with E-state index in [1.54, 1.807) is 0 Å². The molecular weight excluding hydrogens is 322 g/mol. The summed E-state index contributed by atoms with van der Waals surface area (Å²) in [5, 5.41) is 2.84. The first-order chi connectivity index (χ1) is 11.4. The van der Waals surface area contributed by atoms with Crippen molar-refractivity contribution in [2.75, 3.05) is 0 Å². The van der Waals surface area contributed by atoms with Crippen LogP contribution < -0.4 is 10.1 Å². The van der Waals surface area contributed by atoms with Crippen LogP contribution in [-0.4, -0.2) is 17.8 Å². The molecule has 4 nitrogen and oxygen atoms in total. The van der Waals surface area contributed by atoms with E-state index in [1.807, 2.05) is 57.2 Å². The first-order valence-corrected chi connectivity index (χ1v) is 8.87.